The Bertz CT molecular complexity index is 574. The zero-order chi connectivity index (χ0) is 19.3. The highest BCUT2D eigenvalue weighted by Gasteiger charge is 2.09. The van der Waals surface area contributed by atoms with Crippen molar-refractivity contribution in [2.75, 3.05) is 66.7 Å². The number of nitrogens with one attached hydrogen (secondary N) is 2. The summed E-state index contributed by atoms with van der Waals surface area (Å²) in [5, 5.41) is 6.72. The number of rotatable bonds is 10. The highest BCUT2D eigenvalue weighted by Crippen LogP contribution is 2.27. The summed E-state index contributed by atoms with van der Waals surface area (Å²) in [6.07, 6.45) is 1.95. The molecule has 0 bridgehead atoms. The van der Waals surface area contributed by atoms with Crippen LogP contribution in [0.3, 0.4) is 0 Å². The molecule has 0 aromatic heterocycles. The third-order valence-electron chi connectivity index (χ3n) is 4.50. The SMILES string of the molecule is CCNC(=NCCCN1CCOCC1)NCCc1ccc(OC)c(OC)c1. The second-order valence-electron chi connectivity index (χ2n) is 6.43. The number of benzene rings is 1. The Morgan fingerprint density at radius 1 is 1.15 bits per heavy atom. The molecule has 0 saturated carbocycles. The first-order chi connectivity index (χ1) is 13.3. The molecule has 1 saturated heterocycles. The molecular weight excluding hydrogens is 344 g/mol. The molecule has 1 aliphatic rings. The zero-order valence-corrected chi connectivity index (χ0v) is 16.9. The van der Waals surface area contributed by atoms with Gasteiger partial charge in [0, 0.05) is 39.3 Å². The first kappa shape index (κ1) is 21.3. The maximum absolute atomic E-state index is 5.38. The van der Waals surface area contributed by atoms with Gasteiger partial charge < -0.3 is 24.8 Å². The molecule has 1 aromatic rings. The van der Waals surface area contributed by atoms with Crippen molar-refractivity contribution in [2.45, 2.75) is 19.8 Å². The van der Waals surface area contributed by atoms with E-state index in [1.165, 1.54) is 5.56 Å². The van der Waals surface area contributed by atoms with Crippen molar-refractivity contribution < 1.29 is 14.2 Å². The number of morpholine rings is 1. The van der Waals surface area contributed by atoms with E-state index in [0.717, 1.165) is 82.8 Å². The van der Waals surface area contributed by atoms with E-state index >= 15 is 0 Å². The largest absolute Gasteiger partial charge is 0.493 e. The maximum atomic E-state index is 5.38. The molecule has 0 radical (unpaired) electrons. The Kier molecular flexibility index (Phi) is 9.79. The van der Waals surface area contributed by atoms with Crippen molar-refractivity contribution in [1.29, 1.82) is 0 Å². The highest BCUT2D eigenvalue weighted by atomic mass is 16.5. The molecular formula is C20H34N4O3. The third kappa shape index (κ3) is 7.64. The van der Waals surface area contributed by atoms with Gasteiger partial charge in [-0.15, -0.1) is 0 Å². The van der Waals surface area contributed by atoms with Gasteiger partial charge in [0.2, 0.25) is 0 Å². The second-order valence-corrected chi connectivity index (χ2v) is 6.43. The fraction of sp³-hybridized carbons (Fsp3) is 0.650. The van der Waals surface area contributed by atoms with E-state index in [9.17, 15) is 0 Å². The van der Waals surface area contributed by atoms with Crippen LogP contribution in [-0.2, 0) is 11.2 Å². The molecule has 0 amide bonds. The van der Waals surface area contributed by atoms with Crippen molar-refractivity contribution in [3.63, 3.8) is 0 Å². The summed E-state index contributed by atoms with van der Waals surface area (Å²) in [5.41, 5.74) is 1.20. The van der Waals surface area contributed by atoms with Crippen LogP contribution in [0.15, 0.2) is 23.2 Å². The number of methoxy groups -OCH3 is 2. The fourth-order valence-corrected chi connectivity index (χ4v) is 3.01. The molecule has 1 heterocycles. The van der Waals surface area contributed by atoms with Crippen LogP contribution in [0.2, 0.25) is 0 Å². The number of guanidine groups is 1. The summed E-state index contributed by atoms with van der Waals surface area (Å²) in [7, 11) is 3.31. The van der Waals surface area contributed by atoms with Crippen molar-refractivity contribution in [1.82, 2.24) is 15.5 Å². The van der Waals surface area contributed by atoms with Crippen LogP contribution < -0.4 is 20.1 Å². The molecule has 1 fully saturated rings. The lowest BCUT2D eigenvalue weighted by Crippen LogP contribution is -2.39. The van der Waals surface area contributed by atoms with Gasteiger partial charge in [-0.2, -0.15) is 0 Å². The van der Waals surface area contributed by atoms with Crippen LogP contribution in [0.4, 0.5) is 0 Å². The summed E-state index contributed by atoms with van der Waals surface area (Å²) in [5.74, 6) is 2.39. The van der Waals surface area contributed by atoms with Crippen LogP contribution in [0, 0.1) is 0 Å². The van der Waals surface area contributed by atoms with E-state index < -0.39 is 0 Å². The third-order valence-corrected chi connectivity index (χ3v) is 4.50. The summed E-state index contributed by atoms with van der Waals surface area (Å²) >= 11 is 0. The molecule has 0 spiro atoms. The topological polar surface area (TPSA) is 67.4 Å². The number of hydrogen-bond donors (Lipinski definition) is 2. The molecule has 7 nitrogen and oxygen atoms in total. The average molecular weight is 379 g/mol. The van der Waals surface area contributed by atoms with Crippen molar-refractivity contribution >= 4 is 5.96 Å². The van der Waals surface area contributed by atoms with Gasteiger partial charge in [-0.3, -0.25) is 9.89 Å². The van der Waals surface area contributed by atoms with E-state index in [2.05, 4.69) is 33.5 Å². The van der Waals surface area contributed by atoms with Crippen LogP contribution in [0.1, 0.15) is 18.9 Å². The van der Waals surface area contributed by atoms with Crippen LogP contribution in [-0.4, -0.2) is 77.6 Å². The second kappa shape index (κ2) is 12.4. The molecule has 0 unspecified atom stereocenters. The Balaban J connectivity index is 1.74. The smallest absolute Gasteiger partial charge is 0.191 e. The highest BCUT2D eigenvalue weighted by molar-refractivity contribution is 5.79. The first-order valence-corrected chi connectivity index (χ1v) is 9.80. The predicted molar refractivity (Wildman–Crippen MR) is 109 cm³/mol. The fourth-order valence-electron chi connectivity index (χ4n) is 3.01. The van der Waals surface area contributed by atoms with E-state index in [4.69, 9.17) is 14.2 Å². The summed E-state index contributed by atoms with van der Waals surface area (Å²) < 4.78 is 16.0. The summed E-state index contributed by atoms with van der Waals surface area (Å²) in [6, 6.07) is 6.03. The molecule has 2 rings (SSSR count). The normalized spacial score (nSPS) is 15.4. The van der Waals surface area contributed by atoms with Crippen molar-refractivity contribution in [3.8, 4) is 11.5 Å². The minimum absolute atomic E-state index is 0.754. The Morgan fingerprint density at radius 3 is 2.63 bits per heavy atom. The number of ether oxygens (including phenoxy) is 3. The Morgan fingerprint density at radius 2 is 1.93 bits per heavy atom. The monoisotopic (exact) mass is 378 g/mol. The molecule has 0 aliphatic carbocycles. The minimum Gasteiger partial charge on any atom is -0.493 e. The molecule has 27 heavy (non-hydrogen) atoms. The minimum atomic E-state index is 0.754. The van der Waals surface area contributed by atoms with Crippen LogP contribution >= 0.6 is 0 Å². The van der Waals surface area contributed by atoms with Gasteiger partial charge in [-0.05, 0) is 37.5 Å². The quantitative estimate of drug-likeness (QED) is 0.366. The van der Waals surface area contributed by atoms with Gasteiger partial charge in [-0.1, -0.05) is 6.07 Å². The van der Waals surface area contributed by atoms with Crippen molar-refractivity contribution in [2.24, 2.45) is 4.99 Å². The molecule has 152 valence electrons. The average Bonchev–Trinajstić information content (AvgIpc) is 2.71. The predicted octanol–water partition coefficient (Wildman–Crippen LogP) is 1.52. The lowest BCUT2D eigenvalue weighted by Gasteiger charge is -2.26. The lowest BCUT2D eigenvalue weighted by molar-refractivity contribution is 0.0377. The zero-order valence-electron chi connectivity index (χ0n) is 16.9. The van der Waals surface area contributed by atoms with Gasteiger partial charge in [-0.25, -0.2) is 0 Å². The summed E-state index contributed by atoms with van der Waals surface area (Å²) in [4.78, 5) is 7.12. The molecule has 7 heteroatoms. The molecule has 1 aromatic carbocycles. The Labute approximate surface area is 163 Å². The standard InChI is InChI=1S/C20H34N4O3/c1-4-21-20(22-9-5-11-24-12-14-27-15-13-24)23-10-8-17-6-7-18(25-2)19(16-17)26-3/h6-7,16H,4-5,8-15H2,1-3H3,(H2,21,22,23). The van der Waals surface area contributed by atoms with E-state index in [1.807, 2.05) is 12.1 Å². The van der Waals surface area contributed by atoms with Crippen molar-refractivity contribution in [3.05, 3.63) is 23.8 Å². The van der Waals surface area contributed by atoms with E-state index in [-0.39, 0.29) is 0 Å². The van der Waals surface area contributed by atoms with E-state index in [1.54, 1.807) is 14.2 Å². The Hall–Kier alpha value is -1.99. The number of hydrogen-bond acceptors (Lipinski definition) is 5. The van der Waals surface area contributed by atoms with Crippen LogP contribution in [0.5, 0.6) is 11.5 Å². The summed E-state index contributed by atoms with van der Waals surface area (Å²) in [6.45, 7) is 9.42. The van der Waals surface area contributed by atoms with Crippen LogP contribution in [0.25, 0.3) is 0 Å². The van der Waals surface area contributed by atoms with E-state index in [0.29, 0.717) is 0 Å². The van der Waals surface area contributed by atoms with Gasteiger partial charge in [0.1, 0.15) is 0 Å². The van der Waals surface area contributed by atoms with Gasteiger partial charge in [0.05, 0.1) is 27.4 Å². The maximum Gasteiger partial charge on any atom is 0.191 e. The molecule has 1 aliphatic heterocycles. The lowest BCUT2D eigenvalue weighted by atomic mass is 10.1. The number of nitrogens with zero attached hydrogens (tertiary/aromatic N) is 2. The molecule has 0 atom stereocenters. The molecule has 2 N–H and O–H groups in total. The first-order valence-electron chi connectivity index (χ1n) is 9.80. The number of aliphatic imine (C=N–C) groups is 1. The van der Waals surface area contributed by atoms with Gasteiger partial charge in [0.25, 0.3) is 0 Å². The van der Waals surface area contributed by atoms with Gasteiger partial charge in [0.15, 0.2) is 17.5 Å². The van der Waals surface area contributed by atoms with Gasteiger partial charge >= 0.3 is 0 Å².